The van der Waals surface area contributed by atoms with E-state index in [-0.39, 0.29) is 0 Å². The van der Waals surface area contributed by atoms with Crippen LogP contribution in [0.2, 0.25) is 0 Å². The summed E-state index contributed by atoms with van der Waals surface area (Å²) < 4.78 is 7.23. The summed E-state index contributed by atoms with van der Waals surface area (Å²) in [6.45, 7) is 5.21. The lowest BCUT2D eigenvalue weighted by Gasteiger charge is -2.27. The summed E-state index contributed by atoms with van der Waals surface area (Å²) in [6, 6.07) is 20.8. The van der Waals surface area contributed by atoms with Gasteiger partial charge in [-0.05, 0) is 11.1 Å². The SMILES string of the molecule is c1ccc(-c2cc(NCc3ccccc3CN3CCOCC3)n3ncnc3n2)cc1. The zero-order valence-electron chi connectivity index (χ0n) is 16.7. The third kappa shape index (κ3) is 4.03. The summed E-state index contributed by atoms with van der Waals surface area (Å²) >= 11 is 0. The van der Waals surface area contributed by atoms with Crippen LogP contribution in [0.3, 0.4) is 0 Å². The fourth-order valence-electron chi connectivity index (χ4n) is 3.77. The van der Waals surface area contributed by atoms with Gasteiger partial charge < -0.3 is 10.1 Å². The highest BCUT2D eigenvalue weighted by Gasteiger charge is 2.14. The molecule has 5 rings (SSSR count). The molecule has 0 bridgehead atoms. The van der Waals surface area contributed by atoms with Crippen molar-refractivity contribution in [1.29, 1.82) is 0 Å². The first kappa shape index (κ1) is 18.7. The largest absolute Gasteiger partial charge is 0.379 e. The predicted octanol–water partition coefficient (Wildman–Crippen LogP) is 3.24. The highest BCUT2D eigenvalue weighted by Crippen LogP contribution is 2.22. The number of rotatable bonds is 6. The molecule has 0 spiro atoms. The van der Waals surface area contributed by atoms with Crippen LogP contribution < -0.4 is 5.32 Å². The van der Waals surface area contributed by atoms with Gasteiger partial charge >= 0.3 is 0 Å². The maximum atomic E-state index is 5.48. The number of fused-ring (bicyclic) bond motifs is 1. The standard InChI is InChI=1S/C23H24N6O/c1-2-6-18(7-3-1)21-14-22(29-23(27-21)25-17-26-29)24-15-19-8-4-5-9-20(19)16-28-10-12-30-13-11-28/h1-9,14,17,24H,10-13,15-16H2. The molecule has 0 amide bonds. The number of anilines is 1. The molecule has 7 nitrogen and oxygen atoms in total. The van der Waals surface area contributed by atoms with Crippen LogP contribution >= 0.6 is 0 Å². The maximum absolute atomic E-state index is 5.48. The Balaban J connectivity index is 1.40. The molecular formula is C23H24N6O. The van der Waals surface area contributed by atoms with Gasteiger partial charge in [-0.1, -0.05) is 54.6 Å². The highest BCUT2D eigenvalue weighted by atomic mass is 16.5. The lowest BCUT2D eigenvalue weighted by Crippen LogP contribution is -2.35. The van der Waals surface area contributed by atoms with Gasteiger partial charge in [-0.25, -0.2) is 4.98 Å². The Morgan fingerprint density at radius 2 is 1.70 bits per heavy atom. The second-order valence-electron chi connectivity index (χ2n) is 7.38. The molecule has 1 saturated heterocycles. The fraction of sp³-hybridized carbons (Fsp3) is 0.261. The van der Waals surface area contributed by atoms with Crippen LogP contribution in [0.5, 0.6) is 0 Å². The van der Waals surface area contributed by atoms with E-state index in [2.05, 4.69) is 61.7 Å². The first-order chi connectivity index (χ1) is 14.9. The number of hydrogen-bond acceptors (Lipinski definition) is 6. The quantitative estimate of drug-likeness (QED) is 0.536. The molecule has 1 aliphatic rings. The molecule has 4 aromatic rings. The number of benzene rings is 2. The van der Waals surface area contributed by atoms with Crippen LogP contribution in [0.4, 0.5) is 5.82 Å². The van der Waals surface area contributed by atoms with Gasteiger partial charge in [-0.2, -0.15) is 14.6 Å². The topological polar surface area (TPSA) is 67.6 Å². The Hall–Kier alpha value is -3.29. The Morgan fingerprint density at radius 1 is 0.933 bits per heavy atom. The van der Waals surface area contributed by atoms with Gasteiger partial charge in [0, 0.05) is 37.8 Å². The van der Waals surface area contributed by atoms with E-state index in [0.29, 0.717) is 12.3 Å². The minimum atomic E-state index is 0.584. The molecule has 3 heterocycles. The van der Waals surface area contributed by atoms with Crippen molar-refractivity contribution in [2.24, 2.45) is 0 Å². The molecule has 152 valence electrons. The summed E-state index contributed by atoms with van der Waals surface area (Å²) in [5.41, 5.74) is 4.54. The van der Waals surface area contributed by atoms with Gasteiger partial charge in [0.1, 0.15) is 12.1 Å². The minimum absolute atomic E-state index is 0.584. The van der Waals surface area contributed by atoms with Crippen molar-refractivity contribution < 1.29 is 4.74 Å². The zero-order chi connectivity index (χ0) is 20.2. The predicted molar refractivity (Wildman–Crippen MR) is 116 cm³/mol. The van der Waals surface area contributed by atoms with Gasteiger partial charge in [0.15, 0.2) is 0 Å². The number of ether oxygens (including phenoxy) is 1. The third-order valence-electron chi connectivity index (χ3n) is 5.40. The van der Waals surface area contributed by atoms with E-state index in [1.54, 1.807) is 4.52 Å². The van der Waals surface area contributed by atoms with E-state index >= 15 is 0 Å². The fourth-order valence-corrected chi connectivity index (χ4v) is 3.77. The number of aromatic nitrogens is 4. The summed E-state index contributed by atoms with van der Waals surface area (Å²) in [5, 5.41) is 7.90. The van der Waals surface area contributed by atoms with Crippen molar-refractivity contribution in [2.45, 2.75) is 13.1 Å². The Labute approximate surface area is 175 Å². The molecule has 2 aromatic carbocycles. The van der Waals surface area contributed by atoms with Crippen molar-refractivity contribution >= 4 is 11.6 Å². The number of hydrogen-bond donors (Lipinski definition) is 1. The number of nitrogens with zero attached hydrogens (tertiary/aromatic N) is 5. The molecule has 0 atom stereocenters. The average molecular weight is 400 g/mol. The van der Waals surface area contributed by atoms with E-state index in [0.717, 1.165) is 49.9 Å². The van der Waals surface area contributed by atoms with Crippen molar-refractivity contribution in [2.75, 3.05) is 31.6 Å². The van der Waals surface area contributed by atoms with Crippen molar-refractivity contribution in [3.8, 4) is 11.3 Å². The van der Waals surface area contributed by atoms with Crippen LogP contribution in [-0.4, -0.2) is 50.8 Å². The van der Waals surface area contributed by atoms with Crippen LogP contribution in [0.1, 0.15) is 11.1 Å². The number of nitrogens with one attached hydrogen (secondary N) is 1. The van der Waals surface area contributed by atoms with Gasteiger partial charge in [0.25, 0.3) is 5.78 Å². The lowest BCUT2D eigenvalue weighted by atomic mass is 10.1. The second kappa shape index (κ2) is 8.61. The van der Waals surface area contributed by atoms with E-state index in [9.17, 15) is 0 Å². The van der Waals surface area contributed by atoms with E-state index in [4.69, 9.17) is 4.74 Å². The molecule has 1 fully saturated rings. The first-order valence-electron chi connectivity index (χ1n) is 10.2. The molecule has 0 aliphatic carbocycles. The molecular weight excluding hydrogens is 376 g/mol. The molecule has 7 heteroatoms. The monoisotopic (exact) mass is 400 g/mol. The normalized spacial score (nSPS) is 14.8. The van der Waals surface area contributed by atoms with Gasteiger partial charge in [-0.3, -0.25) is 4.90 Å². The Kier molecular flexibility index (Phi) is 5.37. The van der Waals surface area contributed by atoms with Crippen LogP contribution in [0.25, 0.3) is 17.0 Å². The lowest BCUT2D eigenvalue weighted by molar-refractivity contribution is 0.0341. The van der Waals surface area contributed by atoms with Gasteiger partial charge in [-0.15, -0.1) is 0 Å². The molecule has 0 radical (unpaired) electrons. The second-order valence-corrected chi connectivity index (χ2v) is 7.38. The molecule has 0 saturated carbocycles. The molecule has 1 N–H and O–H groups in total. The van der Waals surface area contributed by atoms with Crippen LogP contribution in [-0.2, 0) is 17.8 Å². The zero-order valence-corrected chi connectivity index (χ0v) is 16.7. The minimum Gasteiger partial charge on any atom is -0.379 e. The van der Waals surface area contributed by atoms with Crippen molar-refractivity contribution in [3.05, 3.63) is 78.1 Å². The molecule has 0 unspecified atom stereocenters. The van der Waals surface area contributed by atoms with Crippen molar-refractivity contribution in [3.63, 3.8) is 0 Å². The summed E-state index contributed by atoms with van der Waals surface area (Å²) in [6.07, 6.45) is 1.54. The number of morpholine rings is 1. The van der Waals surface area contributed by atoms with Gasteiger partial charge in [0.2, 0.25) is 0 Å². The van der Waals surface area contributed by atoms with E-state index in [1.165, 1.54) is 17.5 Å². The Morgan fingerprint density at radius 3 is 2.53 bits per heavy atom. The van der Waals surface area contributed by atoms with Crippen LogP contribution in [0, 0.1) is 0 Å². The molecule has 30 heavy (non-hydrogen) atoms. The first-order valence-corrected chi connectivity index (χ1v) is 10.2. The maximum Gasteiger partial charge on any atom is 0.254 e. The summed E-state index contributed by atoms with van der Waals surface area (Å²) in [5.74, 6) is 1.46. The van der Waals surface area contributed by atoms with Gasteiger partial charge in [0.05, 0.1) is 18.9 Å². The Bertz CT molecular complexity index is 1120. The highest BCUT2D eigenvalue weighted by molar-refractivity contribution is 5.65. The van der Waals surface area contributed by atoms with Crippen LogP contribution in [0.15, 0.2) is 67.0 Å². The van der Waals surface area contributed by atoms with Crippen molar-refractivity contribution in [1.82, 2.24) is 24.5 Å². The smallest absolute Gasteiger partial charge is 0.254 e. The molecule has 1 aliphatic heterocycles. The average Bonchev–Trinajstić information content (AvgIpc) is 3.28. The third-order valence-corrected chi connectivity index (χ3v) is 5.40. The summed E-state index contributed by atoms with van der Waals surface area (Å²) in [7, 11) is 0. The van der Waals surface area contributed by atoms with E-state index < -0.39 is 0 Å². The van der Waals surface area contributed by atoms with E-state index in [1.807, 2.05) is 24.3 Å². The molecule has 2 aromatic heterocycles. The summed E-state index contributed by atoms with van der Waals surface area (Å²) in [4.78, 5) is 11.4.